The summed E-state index contributed by atoms with van der Waals surface area (Å²) >= 11 is 0. The topological polar surface area (TPSA) is 17.1 Å². The lowest BCUT2D eigenvalue weighted by molar-refractivity contribution is 0.106. The Balaban J connectivity index is 2.04. The van der Waals surface area contributed by atoms with Gasteiger partial charge in [-0.25, -0.2) is 0 Å². The van der Waals surface area contributed by atoms with Crippen molar-refractivity contribution in [1.29, 1.82) is 0 Å². The molecule has 1 nitrogen and oxygen atoms in total. The molecule has 0 amide bonds. The first-order valence-electron chi connectivity index (χ1n) is 11.8. The van der Waals surface area contributed by atoms with E-state index in [1.165, 1.54) is 0 Å². The van der Waals surface area contributed by atoms with Crippen molar-refractivity contribution < 1.29 is 4.79 Å². The van der Waals surface area contributed by atoms with Crippen LogP contribution in [0.2, 0.25) is 0 Å². The Kier molecular flexibility index (Phi) is 6.62. The van der Waals surface area contributed by atoms with Gasteiger partial charge in [0.15, 0.2) is 5.78 Å². The van der Waals surface area contributed by atoms with Gasteiger partial charge in [0.05, 0.1) is 0 Å². The second-order valence-electron chi connectivity index (χ2n) is 8.59. The Hall–Kier alpha value is -3.93. The van der Waals surface area contributed by atoms with E-state index in [2.05, 4.69) is 84.9 Å². The lowest BCUT2D eigenvalue weighted by Gasteiger charge is -2.32. The molecule has 0 aromatic heterocycles. The van der Waals surface area contributed by atoms with Crippen molar-refractivity contribution in [3.8, 4) is 0 Å². The van der Waals surface area contributed by atoms with E-state index in [4.69, 9.17) is 0 Å². The van der Waals surface area contributed by atoms with Crippen LogP contribution in [0.25, 0.3) is 0 Å². The van der Waals surface area contributed by atoms with Crippen molar-refractivity contribution in [2.24, 2.45) is 0 Å². The highest BCUT2D eigenvalue weighted by molar-refractivity contribution is 7.97. The minimum atomic E-state index is -2.55. The summed E-state index contributed by atoms with van der Waals surface area (Å²) in [5.41, 5.74) is 2.81. The van der Waals surface area contributed by atoms with E-state index in [1.807, 2.05) is 67.6 Å². The molecular formula is C33H27OP. The number of Topliss-reactive ketones (excluding diaryl/α,β-unsaturated/α-hetero) is 1. The average Bonchev–Trinajstić information content (AvgIpc) is 2.94. The minimum absolute atomic E-state index is 0.0705. The number of hydrogen-bond acceptors (Lipinski definition) is 1. The summed E-state index contributed by atoms with van der Waals surface area (Å²) in [6.45, 7) is -0.505. The number of carbonyl (C=O) groups is 1. The molecule has 0 saturated heterocycles. The van der Waals surface area contributed by atoms with Crippen molar-refractivity contribution in [3.05, 3.63) is 162 Å². The van der Waals surface area contributed by atoms with Crippen molar-refractivity contribution in [3.63, 3.8) is 0 Å². The van der Waals surface area contributed by atoms with Crippen LogP contribution in [-0.2, 0) is 0 Å². The zero-order chi connectivity index (χ0) is 24.1. The van der Waals surface area contributed by atoms with Crippen LogP contribution in [0.3, 0.4) is 0 Å². The minimum Gasteiger partial charge on any atom is -0.289 e. The number of hydrogen-bond donors (Lipinski definition) is 0. The van der Waals surface area contributed by atoms with E-state index >= 15 is 0 Å². The molecule has 35 heavy (non-hydrogen) atoms. The smallest absolute Gasteiger partial charge is 0.194 e. The van der Waals surface area contributed by atoms with Gasteiger partial charge in [-0.15, -0.1) is 0 Å². The quantitative estimate of drug-likeness (QED) is 0.208. The molecule has 0 unspecified atom stereocenters. The number of benzene rings is 5. The fourth-order valence-corrected chi connectivity index (χ4v) is 9.20. The average molecular weight is 471 g/mol. The van der Waals surface area contributed by atoms with Gasteiger partial charge in [-0.05, 0) is 35.3 Å². The summed E-state index contributed by atoms with van der Waals surface area (Å²) < 4.78 is 0. The number of rotatable bonds is 6. The van der Waals surface area contributed by atoms with Crippen LogP contribution in [0, 0.1) is 6.92 Å². The predicted molar refractivity (Wildman–Crippen MR) is 151 cm³/mol. The molecule has 0 fully saturated rings. The van der Waals surface area contributed by atoms with E-state index in [9.17, 15) is 4.79 Å². The number of carbonyl (C=O) groups excluding carboxylic acids is 1. The van der Waals surface area contributed by atoms with Crippen molar-refractivity contribution in [2.45, 2.75) is 6.92 Å². The standard InChI is InChI=1S/C33H27OP/c1-26-22-24-27(25-23-26)32(34)33(28-14-6-2-7-15-28)35(29-16-8-3-9-17-29,30-18-10-4-11-19-30)31-20-12-5-13-21-31/h2-25H,1H3. The van der Waals surface area contributed by atoms with Crippen LogP contribution in [-0.4, -0.2) is 11.1 Å². The highest BCUT2D eigenvalue weighted by Gasteiger charge is 2.34. The molecule has 0 aliphatic heterocycles. The van der Waals surface area contributed by atoms with E-state index in [0.29, 0.717) is 5.56 Å². The highest BCUT2D eigenvalue weighted by atomic mass is 31.2. The van der Waals surface area contributed by atoms with Gasteiger partial charge in [0.25, 0.3) is 0 Å². The molecule has 0 aliphatic rings. The van der Waals surface area contributed by atoms with E-state index in [-0.39, 0.29) is 5.78 Å². The summed E-state index contributed by atoms with van der Waals surface area (Å²) in [5.74, 6) is 0.0705. The van der Waals surface area contributed by atoms with E-state index < -0.39 is 6.89 Å². The second-order valence-corrected chi connectivity index (χ2v) is 11.9. The Morgan fingerprint density at radius 1 is 0.457 bits per heavy atom. The summed E-state index contributed by atoms with van der Waals surface area (Å²) in [7, 11) is 0. The molecule has 0 aliphatic carbocycles. The van der Waals surface area contributed by atoms with E-state index in [0.717, 1.165) is 32.3 Å². The molecule has 0 saturated carbocycles. The SMILES string of the molecule is Cc1ccc(C(=O)C(c2ccccc2)=P(c2ccccc2)(c2ccccc2)c2ccccc2)cc1. The summed E-state index contributed by atoms with van der Waals surface area (Å²) in [5, 5.41) is 4.34. The maximum Gasteiger partial charge on any atom is 0.194 e. The summed E-state index contributed by atoms with van der Waals surface area (Å²) in [4.78, 5) is 14.6. The maximum absolute atomic E-state index is 14.6. The predicted octanol–water partition coefficient (Wildman–Crippen LogP) is 6.39. The van der Waals surface area contributed by atoms with Gasteiger partial charge in [0.1, 0.15) is 0 Å². The van der Waals surface area contributed by atoms with Crippen molar-refractivity contribution >= 4 is 33.9 Å². The zero-order valence-electron chi connectivity index (χ0n) is 19.7. The van der Waals surface area contributed by atoms with Gasteiger partial charge >= 0.3 is 0 Å². The second kappa shape index (κ2) is 10.1. The monoisotopic (exact) mass is 470 g/mol. The highest BCUT2D eigenvalue weighted by Crippen LogP contribution is 2.48. The summed E-state index contributed by atoms with van der Waals surface area (Å²) in [6.07, 6.45) is 0. The molecule has 5 aromatic carbocycles. The maximum atomic E-state index is 14.6. The first-order valence-corrected chi connectivity index (χ1v) is 13.6. The van der Waals surface area contributed by atoms with E-state index in [1.54, 1.807) is 0 Å². The molecule has 0 N–H and O–H groups in total. The van der Waals surface area contributed by atoms with Gasteiger partial charge in [-0.2, -0.15) is 0 Å². The molecule has 0 bridgehead atoms. The third kappa shape index (κ3) is 4.32. The Morgan fingerprint density at radius 3 is 1.23 bits per heavy atom. The van der Waals surface area contributed by atoms with Gasteiger partial charge in [0, 0.05) is 10.9 Å². The molecule has 2 heteroatoms. The fourth-order valence-electron chi connectivity index (χ4n) is 4.70. The van der Waals surface area contributed by atoms with Gasteiger partial charge in [0.2, 0.25) is 0 Å². The summed E-state index contributed by atoms with van der Waals surface area (Å²) in [6, 6.07) is 49.8. The van der Waals surface area contributed by atoms with Crippen LogP contribution in [0.4, 0.5) is 0 Å². The van der Waals surface area contributed by atoms with Crippen LogP contribution < -0.4 is 15.9 Å². The molecule has 0 spiro atoms. The fraction of sp³-hybridized carbons (Fsp3) is 0.0303. The van der Waals surface area contributed by atoms with Crippen molar-refractivity contribution in [2.75, 3.05) is 0 Å². The normalized spacial score (nSPS) is 11.1. The van der Waals surface area contributed by atoms with Crippen LogP contribution in [0.5, 0.6) is 0 Å². The van der Waals surface area contributed by atoms with Crippen LogP contribution >= 0.6 is 6.89 Å². The molecule has 5 aromatic rings. The van der Waals surface area contributed by atoms with Crippen molar-refractivity contribution in [1.82, 2.24) is 0 Å². The Bertz CT molecular complexity index is 1370. The molecule has 0 heterocycles. The van der Waals surface area contributed by atoms with Gasteiger partial charge in [-0.1, -0.05) is 151 Å². The lowest BCUT2D eigenvalue weighted by Crippen LogP contribution is -2.34. The zero-order valence-corrected chi connectivity index (χ0v) is 20.6. The first kappa shape index (κ1) is 22.8. The molecule has 170 valence electrons. The Labute approximate surface area is 207 Å². The lowest BCUT2D eigenvalue weighted by atomic mass is 10.0. The number of aryl methyl sites for hydroxylation is 1. The van der Waals surface area contributed by atoms with Crippen LogP contribution in [0.1, 0.15) is 21.5 Å². The largest absolute Gasteiger partial charge is 0.289 e. The number of ketones is 1. The molecule has 5 rings (SSSR count). The van der Waals surface area contributed by atoms with Gasteiger partial charge < -0.3 is 0 Å². The Morgan fingerprint density at radius 2 is 0.829 bits per heavy atom. The molecular weight excluding hydrogens is 443 g/mol. The first-order chi connectivity index (χ1) is 17.2. The van der Waals surface area contributed by atoms with Crippen LogP contribution in [0.15, 0.2) is 146 Å². The third-order valence-electron chi connectivity index (χ3n) is 6.34. The molecule has 0 atom stereocenters. The molecule has 0 radical (unpaired) electrons. The van der Waals surface area contributed by atoms with Gasteiger partial charge in [-0.3, -0.25) is 4.79 Å². The third-order valence-corrected chi connectivity index (χ3v) is 10.7.